The van der Waals surface area contributed by atoms with E-state index in [4.69, 9.17) is 11.1 Å². The molecule has 6 heteroatoms. The smallest absolute Gasteiger partial charge is 0.00938 e. The van der Waals surface area contributed by atoms with Gasteiger partial charge >= 0.3 is 0 Å². The molecule has 2 aromatic rings. The van der Waals surface area contributed by atoms with Gasteiger partial charge in [0.2, 0.25) is 0 Å². The zero-order chi connectivity index (χ0) is 14.2. The molecule has 0 aliphatic heterocycles. The first kappa shape index (κ1) is 13.2. The molecule has 0 N–H and O–H groups in total. The zero-order valence-electron chi connectivity index (χ0n) is 10.5. The summed E-state index contributed by atoms with van der Waals surface area (Å²) in [5, 5.41) is 8.35. The molecule has 0 fully saturated rings. The SMILES string of the molecule is [N-]=[N+]=NC=c1cccc(-c2ccccc2)c1=CN=[N+]=[N-]. The quantitative estimate of drug-likeness (QED) is 0.460. The maximum Gasteiger partial charge on any atom is 0.00938 e. The van der Waals surface area contributed by atoms with Gasteiger partial charge in [0.1, 0.15) is 0 Å². The lowest BCUT2D eigenvalue weighted by atomic mass is 10.0. The van der Waals surface area contributed by atoms with Crippen LogP contribution in [-0.2, 0) is 0 Å². The Labute approximate surface area is 114 Å². The maximum absolute atomic E-state index is 8.49. The number of hydrogen-bond acceptors (Lipinski definition) is 2. The molecule has 0 aromatic heterocycles. The molecule has 0 unspecified atom stereocenters. The van der Waals surface area contributed by atoms with Crippen LogP contribution in [-0.4, -0.2) is 0 Å². The van der Waals surface area contributed by atoms with Gasteiger partial charge in [-0.15, -0.1) is 0 Å². The predicted molar refractivity (Wildman–Crippen MR) is 78.4 cm³/mol. The van der Waals surface area contributed by atoms with Gasteiger partial charge in [-0.1, -0.05) is 58.8 Å². The number of nitrogens with zero attached hydrogens (tertiary/aromatic N) is 6. The van der Waals surface area contributed by atoms with Crippen molar-refractivity contribution >= 4 is 12.4 Å². The van der Waals surface area contributed by atoms with E-state index in [0.29, 0.717) is 10.4 Å². The second-order valence-corrected chi connectivity index (χ2v) is 3.84. The van der Waals surface area contributed by atoms with Gasteiger partial charge in [-0.2, -0.15) is 0 Å². The third-order valence-electron chi connectivity index (χ3n) is 2.71. The molecule has 0 radical (unpaired) electrons. The van der Waals surface area contributed by atoms with Crippen LogP contribution in [0.4, 0.5) is 0 Å². The molecule has 0 bridgehead atoms. The van der Waals surface area contributed by atoms with Gasteiger partial charge in [0.15, 0.2) is 0 Å². The molecule has 0 aliphatic carbocycles. The number of rotatable bonds is 3. The van der Waals surface area contributed by atoms with Gasteiger partial charge in [0.25, 0.3) is 0 Å². The average Bonchev–Trinajstić information content (AvgIpc) is 2.52. The van der Waals surface area contributed by atoms with E-state index in [9.17, 15) is 0 Å². The van der Waals surface area contributed by atoms with Crippen molar-refractivity contribution in [2.24, 2.45) is 10.2 Å². The van der Waals surface area contributed by atoms with E-state index in [1.807, 2.05) is 42.5 Å². The van der Waals surface area contributed by atoms with Crippen LogP contribution in [0.2, 0.25) is 0 Å². The Hall–Kier alpha value is -3.20. The highest BCUT2D eigenvalue weighted by Gasteiger charge is 1.99. The summed E-state index contributed by atoms with van der Waals surface area (Å²) in [5.41, 5.74) is 18.8. The average molecular weight is 262 g/mol. The highest BCUT2D eigenvalue weighted by molar-refractivity contribution is 5.65. The highest BCUT2D eigenvalue weighted by Crippen LogP contribution is 2.13. The Morgan fingerprint density at radius 1 is 0.800 bits per heavy atom. The molecular formula is C14H10N6. The van der Waals surface area contributed by atoms with E-state index in [1.54, 1.807) is 6.07 Å². The first-order valence-corrected chi connectivity index (χ1v) is 5.80. The van der Waals surface area contributed by atoms with Crippen molar-refractivity contribution in [2.75, 3.05) is 0 Å². The Morgan fingerprint density at radius 2 is 1.50 bits per heavy atom. The van der Waals surface area contributed by atoms with Gasteiger partial charge in [0.05, 0.1) is 0 Å². The highest BCUT2D eigenvalue weighted by atomic mass is 15.1. The lowest BCUT2D eigenvalue weighted by molar-refractivity contribution is 1.44. The molecule has 0 heterocycles. The molecule has 2 aromatic carbocycles. The molecule has 2 rings (SSSR count). The van der Waals surface area contributed by atoms with Gasteiger partial charge in [0, 0.05) is 22.2 Å². The molecule has 0 spiro atoms. The van der Waals surface area contributed by atoms with Crippen LogP contribution in [0, 0.1) is 0 Å². The Morgan fingerprint density at radius 3 is 2.20 bits per heavy atom. The van der Waals surface area contributed by atoms with E-state index in [0.717, 1.165) is 11.1 Å². The van der Waals surface area contributed by atoms with Crippen LogP contribution >= 0.6 is 0 Å². The molecule has 0 aliphatic rings. The summed E-state index contributed by atoms with van der Waals surface area (Å²) in [5.74, 6) is 0. The number of hydrogen-bond donors (Lipinski definition) is 0. The summed E-state index contributed by atoms with van der Waals surface area (Å²) in [4.78, 5) is 5.45. The normalized spacial score (nSPS) is 11.6. The standard InChI is InChI=1S/C14H10N6/c15-19-17-9-12-7-4-8-13(14(12)10-18-20-16)11-5-2-1-3-6-11/h1-10H. The van der Waals surface area contributed by atoms with Gasteiger partial charge < -0.3 is 0 Å². The number of azide groups is 2. The van der Waals surface area contributed by atoms with Crippen molar-refractivity contribution in [1.82, 2.24) is 0 Å². The second kappa shape index (κ2) is 6.66. The third-order valence-corrected chi connectivity index (χ3v) is 2.71. The number of benzene rings is 2. The monoisotopic (exact) mass is 262 g/mol. The lowest BCUT2D eigenvalue weighted by Crippen LogP contribution is -2.25. The van der Waals surface area contributed by atoms with E-state index < -0.39 is 0 Å². The van der Waals surface area contributed by atoms with E-state index in [-0.39, 0.29) is 0 Å². The van der Waals surface area contributed by atoms with E-state index >= 15 is 0 Å². The maximum atomic E-state index is 8.49. The van der Waals surface area contributed by atoms with Crippen molar-refractivity contribution in [3.8, 4) is 11.1 Å². The van der Waals surface area contributed by atoms with Crippen LogP contribution in [0.25, 0.3) is 44.4 Å². The van der Waals surface area contributed by atoms with Crippen molar-refractivity contribution < 1.29 is 0 Å². The summed E-state index contributed by atoms with van der Waals surface area (Å²) < 4.78 is 0. The van der Waals surface area contributed by atoms with Crippen LogP contribution in [0.1, 0.15) is 0 Å². The fraction of sp³-hybridized carbons (Fsp3) is 0. The zero-order valence-corrected chi connectivity index (χ0v) is 10.5. The molecule has 6 nitrogen and oxygen atoms in total. The summed E-state index contributed by atoms with van der Waals surface area (Å²) in [6.45, 7) is 0. The van der Waals surface area contributed by atoms with Gasteiger partial charge in [-0.05, 0) is 32.6 Å². The Balaban J connectivity index is 2.83. The van der Waals surface area contributed by atoms with Crippen molar-refractivity contribution in [2.45, 2.75) is 0 Å². The van der Waals surface area contributed by atoms with Gasteiger partial charge in [-0.3, -0.25) is 0 Å². The Kier molecular flexibility index (Phi) is 4.41. The van der Waals surface area contributed by atoms with Crippen molar-refractivity contribution in [1.29, 1.82) is 0 Å². The van der Waals surface area contributed by atoms with Crippen LogP contribution in [0.3, 0.4) is 0 Å². The summed E-state index contributed by atoms with van der Waals surface area (Å²) >= 11 is 0. The fourth-order valence-electron chi connectivity index (χ4n) is 1.88. The fourth-order valence-corrected chi connectivity index (χ4v) is 1.88. The molecule has 0 saturated heterocycles. The van der Waals surface area contributed by atoms with Crippen LogP contribution < -0.4 is 10.4 Å². The molecular weight excluding hydrogens is 252 g/mol. The largest absolute Gasteiger partial charge is 0.0679 e. The third kappa shape index (κ3) is 2.97. The summed E-state index contributed by atoms with van der Waals surface area (Å²) in [7, 11) is 0. The van der Waals surface area contributed by atoms with Gasteiger partial charge in [-0.25, -0.2) is 0 Å². The minimum Gasteiger partial charge on any atom is -0.0679 e. The topological polar surface area (TPSA) is 97.5 Å². The van der Waals surface area contributed by atoms with Crippen LogP contribution in [0.5, 0.6) is 0 Å². The first-order valence-electron chi connectivity index (χ1n) is 5.80. The Bertz CT molecular complexity index is 812. The molecule has 20 heavy (non-hydrogen) atoms. The molecule has 0 atom stereocenters. The van der Waals surface area contributed by atoms with Crippen molar-refractivity contribution in [3.05, 3.63) is 79.9 Å². The second-order valence-electron chi connectivity index (χ2n) is 3.84. The van der Waals surface area contributed by atoms with Crippen LogP contribution in [0.15, 0.2) is 58.8 Å². The first-order chi connectivity index (χ1) is 9.86. The molecule has 0 saturated carbocycles. The minimum atomic E-state index is 0.691. The molecule has 96 valence electrons. The summed E-state index contributed by atoms with van der Waals surface area (Å²) in [6.07, 6.45) is 2.81. The predicted octanol–water partition coefficient (Wildman–Crippen LogP) is 3.45. The molecule has 0 amide bonds. The lowest BCUT2D eigenvalue weighted by Gasteiger charge is -2.03. The van der Waals surface area contributed by atoms with E-state index in [2.05, 4.69) is 20.1 Å². The van der Waals surface area contributed by atoms with Crippen molar-refractivity contribution in [3.63, 3.8) is 0 Å². The van der Waals surface area contributed by atoms with E-state index in [1.165, 1.54) is 12.4 Å². The summed E-state index contributed by atoms with van der Waals surface area (Å²) in [6, 6.07) is 15.3. The minimum absolute atomic E-state index is 0.691.